The Morgan fingerprint density at radius 2 is 2.00 bits per heavy atom. The zero-order valence-electron chi connectivity index (χ0n) is 7.88. The van der Waals surface area contributed by atoms with Gasteiger partial charge in [-0.15, -0.1) is 0 Å². The monoisotopic (exact) mass is 199 g/mol. The predicted molar refractivity (Wildman–Crippen MR) is 55.1 cm³/mol. The summed E-state index contributed by atoms with van der Waals surface area (Å²) in [6, 6.07) is 8.01. The summed E-state index contributed by atoms with van der Waals surface area (Å²) in [4.78, 5) is 0. The second-order valence-electron chi connectivity index (χ2n) is 2.85. The second kappa shape index (κ2) is 5.22. The van der Waals surface area contributed by atoms with Gasteiger partial charge in [0.05, 0.1) is 12.6 Å². The lowest BCUT2D eigenvalue weighted by molar-refractivity contribution is 0.170. The number of nitrogens with one attached hydrogen (secondary N) is 1. The maximum absolute atomic E-state index is 5.78. The van der Waals surface area contributed by atoms with Crippen molar-refractivity contribution in [3.8, 4) is 0 Å². The van der Waals surface area contributed by atoms with Gasteiger partial charge in [-0.05, 0) is 24.7 Å². The molecule has 0 aromatic heterocycles. The molecule has 1 aromatic rings. The highest BCUT2D eigenvalue weighted by atomic mass is 35.5. The number of halogens is 1. The molecule has 1 rings (SSSR count). The Labute approximate surface area is 83.9 Å². The first-order valence-corrected chi connectivity index (χ1v) is 4.57. The number of methoxy groups -OCH3 is 1. The first-order valence-electron chi connectivity index (χ1n) is 4.19. The van der Waals surface area contributed by atoms with Crippen molar-refractivity contribution >= 4 is 11.6 Å². The molecule has 72 valence electrons. The quantitative estimate of drug-likeness (QED) is 0.803. The number of hydrogen-bond acceptors (Lipinski definition) is 2. The summed E-state index contributed by atoms with van der Waals surface area (Å²) in [6.45, 7) is 0.665. The maximum Gasteiger partial charge on any atom is 0.0657 e. The Hall–Kier alpha value is -0.570. The van der Waals surface area contributed by atoms with Crippen LogP contribution in [0.4, 0.5) is 0 Å². The molecule has 0 saturated carbocycles. The lowest BCUT2D eigenvalue weighted by Crippen LogP contribution is -2.20. The first kappa shape index (κ1) is 10.5. The Balaban J connectivity index is 2.73. The van der Waals surface area contributed by atoms with Crippen molar-refractivity contribution < 1.29 is 4.74 Å². The van der Waals surface area contributed by atoms with Crippen LogP contribution in [0.25, 0.3) is 0 Å². The minimum atomic E-state index is 0.238. The van der Waals surface area contributed by atoms with Gasteiger partial charge in [0, 0.05) is 12.1 Å². The summed E-state index contributed by atoms with van der Waals surface area (Å²) in [7, 11) is 3.61. The summed E-state index contributed by atoms with van der Waals surface area (Å²) >= 11 is 5.78. The van der Waals surface area contributed by atoms with Crippen LogP contribution in [0.2, 0.25) is 5.02 Å². The van der Waals surface area contributed by atoms with Crippen LogP contribution < -0.4 is 5.32 Å². The van der Waals surface area contributed by atoms with Crippen LogP contribution in [0.5, 0.6) is 0 Å². The molecule has 1 aromatic carbocycles. The fourth-order valence-electron chi connectivity index (χ4n) is 1.21. The Kier molecular flexibility index (Phi) is 4.22. The van der Waals surface area contributed by atoms with E-state index >= 15 is 0 Å². The molecule has 3 heteroatoms. The number of ether oxygens (including phenoxy) is 1. The van der Waals surface area contributed by atoms with Crippen molar-refractivity contribution in [2.45, 2.75) is 6.04 Å². The highest BCUT2D eigenvalue weighted by Gasteiger charge is 2.07. The molecule has 1 unspecified atom stereocenters. The molecular weight excluding hydrogens is 186 g/mol. The van der Waals surface area contributed by atoms with Crippen LogP contribution in [-0.4, -0.2) is 20.8 Å². The molecule has 0 aliphatic carbocycles. The molecule has 0 heterocycles. The number of likely N-dealkylation sites (N-methyl/N-ethyl adjacent to an activating group) is 1. The Morgan fingerprint density at radius 1 is 1.38 bits per heavy atom. The van der Waals surface area contributed by atoms with Crippen molar-refractivity contribution in [2.24, 2.45) is 0 Å². The van der Waals surface area contributed by atoms with Crippen molar-refractivity contribution in [1.82, 2.24) is 5.32 Å². The summed E-state index contributed by atoms with van der Waals surface area (Å²) in [5.41, 5.74) is 1.19. The molecule has 0 fully saturated rings. The van der Waals surface area contributed by atoms with Crippen molar-refractivity contribution in [1.29, 1.82) is 0 Å². The number of rotatable bonds is 4. The molecular formula is C10H14ClNO. The topological polar surface area (TPSA) is 21.3 Å². The number of benzene rings is 1. The SMILES string of the molecule is CNC(COC)c1ccc(Cl)cc1. The third kappa shape index (κ3) is 2.99. The van der Waals surface area contributed by atoms with Crippen molar-refractivity contribution in [3.05, 3.63) is 34.9 Å². The van der Waals surface area contributed by atoms with E-state index in [1.165, 1.54) is 5.56 Å². The van der Waals surface area contributed by atoms with E-state index in [1.807, 2.05) is 31.3 Å². The predicted octanol–water partition coefficient (Wildman–Crippen LogP) is 2.25. The summed E-state index contributed by atoms with van der Waals surface area (Å²) in [5, 5.41) is 3.93. The second-order valence-corrected chi connectivity index (χ2v) is 3.28. The van der Waals surface area contributed by atoms with E-state index in [-0.39, 0.29) is 6.04 Å². The average Bonchev–Trinajstić information content (AvgIpc) is 2.16. The molecule has 0 radical (unpaired) electrons. The zero-order chi connectivity index (χ0) is 9.68. The van der Waals surface area contributed by atoms with Gasteiger partial charge in [0.15, 0.2) is 0 Å². The van der Waals surface area contributed by atoms with Crippen molar-refractivity contribution in [3.63, 3.8) is 0 Å². The maximum atomic E-state index is 5.78. The van der Waals surface area contributed by atoms with E-state index in [9.17, 15) is 0 Å². The van der Waals surface area contributed by atoms with Crippen LogP contribution in [0, 0.1) is 0 Å². The fraction of sp³-hybridized carbons (Fsp3) is 0.400. The lowest BCUT2D eigenvalue weighted by atomic mass is 10.1. The van der Waals surface area contributed by atoms with Crippen LogP contribution >= 0.6 is 11.6 Å². The van der Waals surface area contributed by atoms with Gasteiger partial charge in [0.25, 0.3) is 0 Å². The van der Waals surface area contributed by atoms with Crippen LogP contribution in [0.1, 0.15) is 11.6 Å². The van der Waals surface area contributed by atoms with Gasteiger partial charge in [-0.3, -0.25) is 0 Å². The third-order valence-electron chi connectivity index (χ3n) is 1.95. The van der Waals surface area contributed by atoms with Crippen LogP contribution in [0.3, 0.4) is 0 Å². The van der Waals surface area contributed by atoms with Gasteiger partial charge in [-0.25, -0.2) is 0 Å². The van der Waals surface area contributed by atoms with E-state index in [4.69, 9.17) is 16.3 Å². The summed E-state index contributed by atoms with van der Waals surface area (Å²) < 4.78 is 5.08. The largest absolute Gasteiger partial charge is 0.383 e. The minimum absolute atomic E-state index is 0.238. The van der Waals surface area contributed by atoms with Gasteiger partial charge >= 0.3 is 0 Å². The van der Waals surface area contributed by atoms with Gasteiger partial charge in [-0.2, -0.15) is 0 Å². The molecule has 1 N–H and O–H groups in total. The molecule has 0 aliphatic rings. The van der Waals surface area contributed by atoms with Gasteiger partial charge in [0.1, 0.15) is 0 Å². The summed E-state index contributed by atoms with van der Waals surface area (Å²) in [5.74, 6) is 0. The summed E-state index contributed by atoms with van der Waals surface area (Å²) in [6.07, 6.45) is 0. The lowest BCUT2D eigenvalue weighted by Gasteiger charge is -2.15. The smallest absolute Gasteiger partial charge is 0.0657 e. The molecule has 0 spiro atoms. The molecule has 0 amide bonds. The van der Waals surface area contributed by atoms with E-state index in [1.54, 1.807) is 7.11 Å². The molecule has 0 bridgehead atoms. The Bertz CT molecular complexity index is 248. The molecule has 2 nitrogen and oxygen atoms in total. The van der Waals surface area contributed by atoms with E-state index in [0.717, 1.165) is 5.02 Å². The highest BCUT2D eigenvalue weighted by Crippen LogP contribution is 2.16. The molecule has 0 saturated heterocycles. The van der Waals surface area contributed by atoms with Gasteiger partial charge in [0.2, 0.25) is 0 Å². The Morgan fingerprint density at radius 3 is 2.46 bits per heavy atom. The molecule has 1 atom stereocenters. The zero-order valence-corrected chi connectivity index (χ0v) is 8.64. The van der Waals surface area contributed by atoms with E-state index in [2.05, 4.69) is 5.32 Å². The van der Waals surface area contributed by atoms with Crippen molar-refractivity contribution in [2.75, 3.05) is 20.8 Å². The standard InChI is InChI=1S/C10H14ClNO/c1-12-10(7-13-2)8-3-5-9(11)6-4-8/h3-6,10,12H,7H2,1-2H3. The third-order valence-corrected chi connectivity index (χ3v) is 2.21. The van der Waals surface area contributed by atoms with Crippen LogP contribution in [-0.2, 0) is 4.74 Å². The number of hydrogen-bond donors (Lipinski definition) is 1. The van der Waals surface area contributed by atoms with Gasteiger partial charge in [-0.1, -0.05) is 23.7 Å². The molecule has 0 aliphatic heterocycles. The molecule has 13 heavy (non-hydrogen) atoms. The van der Waals surface area contributed by atoms with E-state index in [0.29, 0.717) is 6.61 Å². The normalized spacial score (nSPS) is 12.8. The first-order chi connectivity index (χ1) is 6.27. The minimum Gasteiger partial charge on any atom is -0.383 e. The van der Waals surface area contributed by atoms with E-state index < -0.39 is 0 Å². The fourth-order valence-corrected chi connectivity index (χ4v) is 1.33. The van der Waals surface area contributed by atoms with Gasteiger partial charge < -0.3 is 10.1 Å². The average molecular weight is 200 g/mol. The van der Waals surface area contributed by atoms with Crippen LogP contribution in [0.15, 0.2) is 24.3 Å². The highest BCUT2D eigenvalue weighted by molar-refractivity contribution is 6.30.